The summed E-state index contributed by atoms with van der Waals surface area (Å²) in [7, 11) is 0. The van der Waals surface area contributed by atoms with Gasteiger partial charge in [-0.05, 0) is 101 Å². The molecule has 1 aliphatic heterocycles. The molecule has 1 saturated heterocycles. The predicted molar refractivity (Wildman–Crippen MR) is 298 cm³/mol. The summed E-state index contributed by atoms with van der Waals surface area (Å²) in [6, 6.07) is 5.54. The van der Waals surface area contributed by atoms with Gasteiger partial charge in [-0.1, -0.05) is 107 Å². The molecular weight excluding hydrogens is 1020 g/mol. The number of aliphatic hydroxyl groups excluding tert-OH is 2. The molecule has 0 saturated carbocycles. The Kier molecular flexibility index (Phi) is 30.3. The van der Waals surface area contributed by atoms with Gasteiger partial charge < -0.3 is 81.0 Å². The molecule has 0 aromatic heterocycles. The van der Waals surface area contributed by atoms with Crippen molar-refractivity contribution in [3.8, 4) is 11.1 Å². The summed E-state index contributed by atoms with van der Waals surface area (Å²) in [5.74, 6) is -7.74. The molecule has 10 atom stereocenters. The van der Waals surface area contributed by atoms with E-state index >= 15 is 0 Å². The molecule has 2 aromatic carbocycles. The van der Waals surface area contributed by atoms with Gasteiger partial charge in [0.2, 0.25) is 53.2 Å². The first kappa shape index (κ1) is 66.7. The molecule has 24 heteroatoms. The number of nitrogens with one attached hydrogen (secondary N) is 9. The smallest absolute Gasteiger partial charge is 0.245 e. The predicted octanol–water partition coefficient (Wildman–Crippen LogP) is -1.77. The molecule has 19 N–H and O–H groups in total. The quantitative estimate of drug-likeness (QED) is 0.0490. The van der Waals surface area contributed by atoms with Gasteiger partial charge in [-0.15, -0.1) is 0 Å². The fraction of sp³-hybridized carbons (Fsp3) is 0.618. The molecule has 0 spiro atoms. The maximum atomic E-state index is 14.6. The number of carbonyl (C=O) groups is 9. The normalized spacial score (nSPS) is 22.6. The van der Waals surface area contributed by atoms with Gasteiger partial charge in [-0.25, -0.2) is 0 Å². The molecule has 1 aliphatic rings. The van der Waals surface area contributed by atoms with Gasteiger partial charge in [0, 0.05) is 13.0 Å². The van der Waals surface area contributed by atoms with Crippen LogP contribution in [0.4, 0.5) is 0 Å². The summed E-state index contributed by atoms with van der Waals surface area (Å²) < 4.78 is 0. The molecule has 79 heavy (non-hydrogen) atoms. The number of aliphatic hydroxyl groups is 2. The minimum atomic E-state index is -1.63. The molecule has 0 bridgehead atoms. The van der Waals surface area contributed by atoms with Crippen LogP contribution >= 0.6 is 0 Å². The monoisotopic (exact) mass is 1110 g/mol. The van der Waals surface area contributed by atoms with Crippen molar-refractivity contribution in [2.24, 2.45) is 28.9 Å². The first-order chi connectivity index (χ1) is 37.7. The van der Waals surface area contributed by atoms with Crippen LogP contribution in [0.3, 0.4) is 0 Å². The van der Waals surface area contributed by atoms with Crippen LogP contribution in [0.15, 0.2) is 54.6 Å². The van der Waals surface area contributed by atoms with Crippen molar-refractivity contribution < 1.29 is 53.4 Å². The van der Waals surface area contributed by atoms with Crippen molar-refractivity contribution in [2.45, 2.75) is 178 Å². The summed E-state index contributed by atoms with van der Waals surface area (Å²) >= 11 is 0. The van der Waals surface area contributed by atoms with Gasteiger partial charge in [0.25, 0.3) is 0 Å². The second kappa shape index (κ2) is 35.8. The number of carbonyl (C=O) groups excluding carboxylic acids is 9. The molecule has 1 heterocycles. The van der Waals surface area contributed by atoms with E-state index in [0.717, 1.165) is 36.8 Å². The largest absolute Gasteiger partial charge is 0.393 e. The topological polar surface area (TPSA) is 406 Å². The van der Waals surface area contributed by atoms with E-state index in [4.69, 9.17) is 22.9 Å². The van der Waals surface area contributed by atoms with Gasteiger partial charge in [0.15, 0.2) is 0 Å². The number of amides is 9. The van der Waals surface area contributed by atoms with Crippen LogP contribution in [0, 0.1) is 5.92 Å². The number of hydrogen-bond donors (Lipinski definition) is 15. The van der Waals surface area contributed by atoms with Crippen molar-refractivity contribution in [3.05, 3.63) is 60.2 Å². The molecule has 0 radical (unpaired) electrons. The fourth-order valence-corrected chi connectivity index (χ4v) is 8.92. The number of rotatable bonds is 25. The van der Waals surface area contributed by atoms with Crippen molar-refractivity contribution in [1.29, 1.82) is 0 Å². The van der Waals surface area contributed by atoms with Crippen LogP contribution in [0.5, 0.6) is 0 Å². The first-order valence-corrected chi connectivity index (χ1v) is 27.8. The molecule has 2 aromatic rings. The van der Waals surface area contributed by atoms with Crippen molar-refractivity contribution in [3.63, 3.8) is 0 Å². The lowest BCUT2D eigenvalue weighted by atomic mass is 9.98. The van der Waals surface area contributed by atoms with E-state index in [1.807, 2.05) is 56.3 Å². The maximum Gasteiger partial charge on any atom is 0.245 e. The van der Waals surface area contributed by atoms with E-state index in [-0.39, 0.29) is 90.0 Å². The van der Waals surface area contributed by atoms with Gasteiger partial charge in [0.05, 0.1) is 18.6 Å². The van der Waals surface area contributed by atoms with Crippen molar-refractivity contribution in [2.75, 3.05) is 32.7 Å². The van der Waals surface area contributed by atoms with E-state index in [9.17, 15) is 53.4 Å². The fourth-order valence-electron chi connectivity index (χ4n) is 8.92. The van der Waals surface area contributed by atoms with Crippen LogP contribution in [0.1, 0.15) is 117 Å². The van der Waals surface area contributed by atoms with E-state index in [0.29, 0.717) is 18.4 Å². The van der Waals surface area contributed by atoms with Crippen molar-refractivity contribution >= 4 is 53.2 Å². The Labute approximate surface area is 464 Å². The Morgan fingerprint density at radius 3 is 1.65 bits per heavy atom. The molecule has 0 unspecified atom stereocenters. The summed E-state index contributed by atoms with van der Waals surface area (Å²) in [5.41, 5.74) is 26.0. The van der Waals surface area contributed by atoms with E-state index in [1.165, 1.54) is 6.92 Å². The van der Waals surface area contributed by atoms with E-state index in [1.54, 1.807) is 12.1 Å². The Balaban J connectivity index is 2.12. The van der Waals surface area contributed by atoms with E-state index in [2.05, 4.69) is 54.8 Å². The molecule has 440 valence electrons. The Bertz CT molecular complexity index is 2260. The van der Waals surface area contributed by atoms with Crippen LogP contribution in [0.2, 0.25) is 0 Å². The highest BCUT2D eigenvalue weighted by molar-refractivity contribution is 5.98. The second-order valence-electron chi connectivity index (χ2n) is 20.6. The third-order valence-electron chi connectivity index (χ3n) is 13.3. The third-order valence-corrected chi connectivity index (χ3v) is 13.3. The Morgan fingerprint density at radius 1 is 0.595 bits per heavy atom. The maximum absolute atomic E-state index is 14.6. The zero-order valence-electron chi connectivity index (χ0n) is 46.4. The lowest BCUT2D eigenvalue weighted by Gasteiger charge is -2.28. The third kappa shape index (κ3) is 23.7. The van der Waals surface area contributed by atoms with Gasteiger partial charge in [-0.2, -0.15) is 0 Å². The number of unbranched alkanes of at least 4 members (excludes halogenated alkanes) is 4. The highest BCUT2D eigenvalue weighted by Gasteiger charge is 2.36. The van der Waals surface area contributed by atoms with Crippen molar-refractivity contribution in [1.82, 2.24) is 47.9 Å². The molecule has 3 rings (SSSR count). The van der Waals surface area contributed by atoms with Gasteiger partial charge in [-0.3, -0.25) is 43.2 Å². The Morgan fingerprint density at radius 2 is 1.10 bits per heavy atom. The average Bonchev–Trinajstić information content (AvgIpc) is 3.41. The Hall–Kier alpha value is -6.57. The first-order valence-electron chi connectivity index (χ1n) is 27.8. The highest BCUT2D eigenvalue weighted by Crippen LogP contribution is 2.20. The summed E-state index contributed by atoms with van der Waals surface area (Å²) in [6.07, 6.45) is 1.38. The second-order valence-corrected chi connectivity index (χ2v) is 20.6. The molecule has 9 amide bonds. The van der Waals surface area contributed by atoms with Crippen LogP contribution in [-0.2, 0) is 49.6 Å². The zero-order chi connectivity index (χ0) is 58.4. The number of hydrogen-bond acceptors (Lipinski definition) is 15. The van der Waals surface area contributed by atoms with Crippen LogP contribution in [-0.4, -0.2) is 157 Å². The lowest BCUT2D eigenvalue weighted by molar-refractivity contribution is -0.136. The minimum absolute atomic E-state index is 0.0674. The zero-order valence-corrected chi connectivity index (χ0v) is 46.4. The summed E-state index contributed by atoms with van der Waals surface area (Å²) in [5, 5.41) is 44.9. The lowest BCUT2D eigenvalue weighted by Crippen LogP contribution is -2.61. The summed E-state index contributed by atoms with van der Waals surface area (Å²) in [4.78, 5) is 126. The van der Waals surface area contributed by atoms with Gasteiger partial charge in [0.1, 0.15) is 48.3 Å². The molecule has 0 aliphatic carbocycles. The molecule has 24 nitrogen and oxygen atoms in total. The van der Waals surface area contributed by atoms with E-state index < -0.39 is 114 Å². The average molecular weight is 1110 g/mol. The minimum Gasteiger partial charge on any atom is -0.393 e. The SMILES string of the molecule is CCCCCCC[C@@H](O)CC(=O)N[C@H](CCN)C(=O)N[C@H]1CCNC(=O)[C@H]([C@@H](C)O)NC(=O)[C@H](CCN)NC(=O)[C@H](CCN)NC(=O)[C@H](CC(C)C)NC(=O)[C@@H](Cc2ccc(-c3ccccc3)cc2)NC(=O)[C@H](CCN)NC1=O. The highest BCUT2D eigenvalue weighted by atomic mass is 16.3. The number of nitrogens with two attached hydrogens (primary N) is 4. The van der Waals surface area contributed by atoms with Gasteiger partial charge >= 0.3 is 0 Å². The molecule has 1 fully saturated rings. The standard InChI is InChI=1S/C55H89N13O11/c1-5-6-7-8-12-15-38(70)32-46(71)61-39(20-25-56)48(72)65-43-24-29-60-55(79)47(34(4)69)68-52(76)42(23-28-59)63-49(73)40(21-26-57)64-53(77)44(30-33(2)3)66-54(78)45(67-50(74)41(22-27-58)62-51(43)75)31-35-16-18-37(19-17-35)36-13-10-9-11-14-36/h9-11,13-14,16-19,33-34,38-45,47,69-70H,5-8,12,15,20-32,56-59H2,1-4H3,(H,60,79)(H,61,71)(H,62,75)(H,63,73)(H,64,77)(H,65,72)(H,66,78)(H,67,74)(H,68,76)/t34-,38-,39-,40+,41+,42+,43+,44+,45-,47+/m1/s1. The van der Waals surface area contributed by atoms with Crippen LogP contribution in [0.25, 0.3) is 11.1 Å². The molecular formula is C55H89N13O11. The number of benzene rings is 2. The summed E-state index contributed by atoms with van der Waals surface area (Å²) in [6.45, 7) is 6.13. The van der Waals surface area contributed by atoms with Crippen LogP contribution < -0.4 is 70.8 Å².